The van der Waals surface area contributed by atoms with E-state index in [4.69, 9.17) is 30.5 Å². The third-order valence-electron chi connectivity index (χ3n) is 10.8. The molecule has 3 aliphatic rings. The van der Waals surface area contributed by atoms with Gasteiger partial charge in [-0.1, -0.05) is 29.7 Å². The van der Waals surface area contributed by atoms with Crippen molar-refractivity contribution in [2.24, 2.45) is 18.4 Å². The van der Waals surface area contributed by atoms with Crippen molar-refractivity contribution in [3.8, 4) is 17.2 Å². The molecule has 0 radical (unpaired) electrons. The Bertz CT molecular complexity index is 1820. The summed E-state index contributed by atoms with van der Waals surface area (Å²) in [4.78, 5) is 45.3. The van der Waals surface area contributed by atoms with Crippen LogP contribution in [0.3, 0.4) is 0 Å². The zero-order valence-electron chi connectivity index (χ0n) is 29.8. The minimum atomic E-state index is -2.81. The van der Waals surface area contributed by atoms with Crippen molar-refractivity contribution in [2.75, 3.05) is 33.9 Å². The number of hydrogen-bond acceptors (Lipinski definition) is 9. The summed E-state index contributed by atoms with van der Waals surface area (Å²) in [5, 5.41) is 8.11. The minimum absolute atomic E-state index is 0.0139. The van der Waals surface area contributed by atoms with Crippen LogP contribution >= 0.6 is 11.6 Å². The molecule has 6 rings (SSSR count). The number of aryl methyl sites for hydroxylation is 1. The Kier molecular flexibility index (Phi) is 11.2. The molecule has 3 atom stereocenters. The summed E-state index contributed by atoms with van der Waals surface area (Å²) in [5.41, 5.74) is 0.545. The molecule has 0 bridgehead atoms. The second-order valence-corrected chi connectivity index (χ2v) is 14.2. The van der Waals surface area contributed by atoms with Gasteiger partial charge in [-0.25, -0.2) is 13.5 Å². The molecule has 1 saturated carbocycles. The Morgan fingerprint density at radius 1 is 1.04 bits per heavy atom. The number of hydrogen-bond donors (Lipinski definition) is 0. The highest BCUT2D eigenvalue weighted by molar-refractivity contribution is 6.31. The third-order valence-corrected chi connectivity index (χ3v) is 11.1. The number of fused-ring (bicyclic) bond motifs is 1. The highest BCUT2D eigenvalue weighted by Crippen LogP contribution is 2.47. The van der Waals surface area contributed by atoms with Crippen LogP contribution in [-0.2, 0) is 45.8 Å². The van der Waals surface area contributed by atoms with Crippen molar-refractivity contribution in [1.82, 2.24) is 24.8 Å². The standard InChI is InChI=1S/C37H44ClF2N5O7/c1-37(36(48)52-20-22-10-11-23(49-3)18-30(22)50-4)15-6-5-8-25(37)35(47)45-17-14-24-26(38)12-13-29(32(24)28(45)19-44-16-7-9-31(44)46)51-21-27-33(34(39)40)43(2)42-41-27/h10-13,18,25,28,34H,5-9,14-17,19-21H2,1-4H3/t25-,28+,37-/m0/s1. The SMILES string of the molecule is COc1ccc(COC(=O)[C@@]2(C)CCCC[C@H]2C(=O)N2CCc3c(Cl)ccc(OCc4nnn(C)c4C(F)F)c3[C@H]2CN2CCCC2=O)c(OC)c1. The Hall–Kier alpha value is -4.46. The van der Waals surface area contributed by atoms with Crippen molar-refractivity contribution in [3.05, 3.63) is 63.4 Å². The lowest BCUT2D eigenvalue weighted by atomic mass is 9.66. The number of aromatic nitrogens is 3. The molecule has 0 spiro atoms. The predicted molar refractivity (Wildman–Crippen MR) is 185 cm³/mol. The number of esters is 1. The summed E-state index contributed by atoms with van der Waals surface area (Å²) in [7, 11) is 4.47. The molecule has 2 aliphatic heterocycles. The fourth-order valence-electron chi connectivity index (χ4n) is 7.84. The third kappa shape index (κ3) is 7.26. The maximum atomic E-state index is 14.9. The number of ether oxygens (including phenoxy) is 4. The largest absolute Gasteiger partial charge is 0.497 e. The van der Waals surface area contributed by atoms with E-state index in [2.05, 4.69) is 10.3 Å². The molecule has 12 nitrogen and oxygen atoms in total. The van der Waals surface area contributed by atoms with Crippen molar-refractivity contribution in [1.29, 1.82) is 0 Å². The number of carbonyl (C=O) groups is 3. The maximum absolute atomic E-state index is 14.9. The van der Waals surface area contributed by atoms with Crippen molar-refractivity contribution >= 4 is 29.4 Å². The smallest absolute Gasteiger partial charge is 0.312 e. The Labute approximate surface area is 306 Å². The molecule has 15 heteroatoms. The molecular formula is C37H44ClF2N5O7. The molecular weight excluding hydrogens is 700 g/mol. The summed E-state index contributed by atoms with van der Waals surface area (Å²) < 4.78 is 51.6. The van der Waals surface area contributed by atoms with Gasteiger partial charge in [-0.3, -0.25) is 14.4 Å². The average molecular weight is 744 g/mol. The number of likely N-dealkylation sites (tertiary alicyclic amines) is 1. The van der Waals surface area contributed by atoms with Crippen LogP contribution in [0.1, 0.15) is 86.0 Å². The molecule has 3 aromatic rings. The van der Waals surface area contributed by atoms with Crippen LogP contribution in [0.15, 0.2) is 30.3 Å². The van der Waals surface area contributed by atoms with Crippen LogP contribution in [0.5, 0.6) is 17.2 Å². The van der Waals surface area contributed by atoms with E-state index in [1.165, 1.54) is 14.2 Å². The van der Waals surface area contributed by atoms with E-state index in [0.29, 0.717) is 78.6 Å². The maximum Gasteiger partial charge on any atom is 0.312 e. The van der Waals surface area contributed by atoms with Gasteiger partial charge < -0.3 is 28.7 Å². The number of rotatable bonds is 12. The molecule has 0 unspecified atom stereocenters. The molecule has 2 amide bonds. The zero-order chi connectivity index (χ0) is 37.2. The molecule has 3 heterocycles. The Balaban J connectivity index is 1.30. The lowest BCUT2D eigenvalue weighted by Gasteiger charge is -2.45. The van der Waals surface area contributed by atoms with Crippen LogP contribution in [-0.4, -0.2) is 76.4 Å². The summed E-state index contributed by atoms with van der Waals surface area (Å²) in [6, 6.07) is 7.91. The number of carbonyl (C=O) groups excluding carboxylic acids is 3. The van der Waals surface area contributed by atoms with Gasteiger partial charge in [-0.15, -0.1) is 5.10 Å². The average Bonchev–Trinajstić information content (AvgIpc) is 3.73. The molecule has 2 fully saturated rings. The molecule has 280 valence electrons. The van der Waals surface area contributed by atoms with E-state index in [1.54, 1.807) is 54.2 Å². The second kappa shape index (κ2) is 15.6. The van der Waals surface area contributed by atoms with Gasteiger partial charge in [-0.05, 0) is 62.4 Å². The Morgan fingerprint density at radius 3 is 2.56 bits per heavy atom. The van der Waals surface area contributed by atoms with Gasteiger partial charge in [0.15, 0.2) is 0 Å². The second-order valence-electron chi connectivity index (χ2n) is 13.8. The number of methoxy groups -OCH3 is 2. The monoisotopic (exact) mass is 743 g/mol. The van der Waals surface area contributed by atoms with Gasteiger partial charge in [0.25, 0.3) is 6.43 Å². The summed E-state index contributed by atoms with van der Waals surface area (Å²) in [6.07, 6.45) is 1.14. The number of nitrogens with zero attached hydrogens (tertiary/aromatic N) is 5. The highest BCUT2D eigenvalue weighted by atomic mass is 35.5. The highest BCUT2D eigenvalue weighted by Gasteiger charge is 2.51. The molecule has 1 saturated heterocycles. The van der Waals surface area contributed by atoms with E-state index in [1.807, 2.05) is 0 Å². The first-order chi connectivity index (χ1) is 25.0. The number of benzene rings is 2. The molecule has 0 N–H and O–H groups in total. The van der Waals surface area contributed by atoms with E-state index in [9.17, 15) is 23.2 Å². The Morgan fingerprint density at radius 2 is 1.85 bits per heavy atom. The molecule has 2 aromatic carbocycles. The number of alkyl halides is 2. The van der Waals surface area contributed by atoms with E-state index >= 15 is 0 Å². The summed E-state index contributed by atoms with van der Waals surface area (Å²) in [6.45, 7) is 2.47. The van der Waals surface area contributed by atoms with Gasteiger partial charge in [0.2, 0.25) is 11.8 Å². The van der Waals surface area contributed by atoms with E-state index in [0.717, 1.165) is 23.1 Å². The molecule has 1 aliphatic carbocycles. The normalized spacial score (nSPS) is 21.7. The number of amides is 2. The summed E-state index contributed by atoms with van der Waals surface area (Å²) >= 11 is 6.76. The zero-order valence-corrected chi connectivity index (χ0v) is 30.6. The van der Waals surface area contributed by atoms with Crippen molar-refractivity contribution < 1.29 is 42.1 Å². The van der Waals surface area contributed by atoms with Crippen molar-refractivity contribution in [2.45, 2.75) is 77.6 Å². The fourth-order valence-corrected chi connectivity index (χ4v) is 8.10. The quantitative estimate of drug-likeness (QED) is 0.206. The molecule has 1 aromatic heterocycles. The fraction of sp³-hybridized carbons (Fsp3) is 0.541. The first kappa shape index (κ1) is 37.3. The van der Waals surface area contributed by atoms with Crippen LogP contribution in [0.25, 0.3) is 0 Å². The van der Waals surface area contributed by atoms with E-state index < -0.39 is 29.8 Å². The minimum Gasteiger partial charge on any atom is -0.497 e. The van der Waals surface area contributed by atoms with E-state index in [-0.39, 0.29) is 43.0 Å². The van der Waals surface area contributed by atoms with Crippen LogP contribution in [0.2, 0.25) is 5.02 Å². The lowest BCUT2D eigenvalue weighted by molar-refractivity contribution is -0.169. The predicted octanol–water partition coefficient (Wildman–Crippen LogP) is 5.99. The molecule has 52 heavy (non-hydrogen) atoms. The lowest BCUT2D eigenvalue weighted by Crippen LogP contribution is -2.53. The van der Waals surface area contributed by atoms with Gasteiger partial charge in [0.1, 0.15) is 41.9 Å². The van der Waals surface area contributed by atoms with Gasteiger partial charge in [-0.2, -0.15) is 0 Å². The van der Waals surface area contributed by atoms with Gasteiger partial charge >= 0.3 is 5.97 Å². The van der Waals surface area contributed by atoms with Crippen molar-refractivity contribution in [3.63, 3.8) is 0 Å². The van der Waals surface area contributed by atoms with Crippen LogP contribution < -0.4 is 14.2 Å². The van der Waals surface area contributed by atoms with Crippen LogP contribution in [0.4, 0.5) is 8.78 Å². The van der Waals surface area contributed by atoms with Crippen LogP contribution in [0, 0.1) is 11.3 Å². The first-order valence-electron chi connectivity index (χ1n) is 17.5. The summed E-state index contributed by atoms with van der Waals surface area (Å²) in [5.74, 6) is 0.0552. The number of halogens is 3. The van der Waals surface area contributed by atoms with Gasteiger partial charge in [0.05, 0.1) is 31.6 Å². The van der Waals surface area contributed by atoms with Gasteiger partial charge in [0, 0.05) is 55.3 Å². The topological polar surface area (TPSA) is 125 Å². The first-order valence-corrected chi connectivity index (χ1v) is 17.9.